The fourth-order valence-electron chi connectivity index (χ4n) is 3.13. The van der Waals surface area contributed by atoms with Crippen LogP contribution in [0.15, 0.2) is 30.5 Å². The first-order chi connectivity index (χ1) is 12.8. The number of amides is 1. The van der Waals surface area contributed by atoms with Crippen molar-refractivity contribution in [3.05, 3.63) is 36.0 Å². The maximum atomic E-state index is 11.7. The van der Waals surface area contributed by atoms with E-state index in [4.69, 9.17) is 4.74 Å². The molecule has 0 aliphatic carbocycles. The van der Waals surface area contributed by atoms with Gasteiger partial charge in [-0.05, 0) is 45.2 Å². The Hall–Kier alpha value is -2.50. The number of H-pyrrole nitrogens is 1. The molecule has 6 heteroatoms. The number of alkyl carbamates (subject to hydrolysis) is 1. The third-order valence-corrected chi connectivity index (χ3v) is 4.38. The SMILES string of the molecule is CC(C)(C)OC(=O)NCCCCCC[C@H](C(=O)O)c1c[nH]c2ccccc12. The summed E-state index contributed by atoms with van der Waals surface area (Å²) in [6, 6.07) is 7.77. The largest absolute Gasteiger partial charge is 0.481 e. The van der Waals surface area contributed by atoms with E-state index >= 15 is 0 Å². The third-order valence-electron chi connectivity index (χ3n) is 4.38. The molecule has 0 saturated carbocycles. The van der Waals surface area contributed by atoms with E-state index in [2.05, 4.69) is 10.3 Å². The maximum absolute atomic E-state index is 11.7. The van der Waals surface area contributed by atoms with Crippen LogP contribution in [0.5, 0.6) is 0 Å². The van der Waals surface area contributed by atoms with Gasteiger partial charge in [0.15, 0.2) is 0 Å². The summed E-state index contributed by atoms with van der Waals surface area (Å²) in [5.74, 6) is -1.28. The quantitative estimate of drug-likeness (QED) is 0.549. The molecule has 0 radical (unpaired) electrons. The predicted molar refractivity (Wildman–Crippen MR) is 106 cm³/mol. The summed E-state index contributed by atoms with van der Waals surface area (Å²) in [6.07, 6.45) is 5.59. The Bertz CT molecular complexity index is 761. The summed E-state index contributed by atoms with van der Waals surface area (Å²) in [7, 11) is 0. The van der Waals surface area contributed by atoms with Gasteiger partial charge in [0.1, 0.15) is 5.60 Å². The third kappa shape index (κ3) is 6.62. The average molecular weight is 374 g/mol. The minimum Gasteiger partial charge on any atom is -0.481 e. The van der Waals surface area contributed by atoms with E-state index in [1.54, 1.807) is 0 Å². The van der Waals surface area contributed by atoms with Crippen LogP contribution in [-0.4, -0.2) is 34.3 Å². The number of hydrogen-bond acceptors (Lipinski definition) is 3. The Kier molecular flexibility index (Phi) is 7.28. The molecule has 1 atom stereocenters. The molecule has 27 heavy (non-hydrogen) atoms. The molecule has 148 valence electrons. The zero-order valence-corrected chi connectivity index (χ0v) is 16.4. The van der Waals surface area contributed by atoms with E-state index in [0.29, 0.717) is 13.0 Å². The Morgan fingerprint density at radius 1 is 1.15 bits per heavy atom. The van der Waals surface area contributed by atoms with Crippen molar-refractivity contribution in [1.29, 1.82) is 0 Å². The van der Waals surface area contributed by atoms with Gasteiger partial charge in [-0.15, -0.1) is 0 Å². The summed E-state index contributed by atoms with van der Waals surface area (Å²) < 4.78 is 5.18. The van der Waals surface area contributed by atoms with Crippen LogP contribution in [0.25, 0.3) is 10.9 Å². The number of aliphatic carboxylic acids is 1. The number of carbonyl (C=O) groups is 2. The number of fused-ring (bicyclic) bond motifs is 1. The van der Waals surface area contributed by atoms with Crippen LogP contribution in [0, 0.1) is 0 Å². The van der Waals surface area contributed by atoms with Gasteiger partial charge < -0.3 is 20.1 Å². The molecule has 0 saturated heterocycles. The Labute approximate surface area is 160 Å². The molecule has 1 amide bonds. The molecule has 0 bridgehead atoms. The second-order valence-electron chi connectivity index (χ2n) is 7.81. The molecule has 1 aromatic heterocycles. The van der Waals surface area contributed by atoms with Crippen LogP contribution in [0.1, 0.15) is 64.4 Å². The zero-order valence-electron chi connectivity index (χ0n) is 16.4. The van der Waals surface area contributed by atoms with Gasteiger partial charge >= 0.3 is 12.1 Å². The molecule has 2 aromatic rings. The predicted octanol–water partition coefficient (Wildman–Crippen LogP) is 4.81. The molecule has 0 fully saturated rings. The number of carboxylic acids is 1. The van der Waals surface area contributed by atoms with Crippen molar-refractivity contribution in [2.45, 2.75) is 64.4 Å². The van der Waals surface area contributed by atoms with E-state index in [1.165, 1.54) is 0 Å². The summed E-state index contributed by atoms with van der Waals surface area (Å²) in [5.41, 5.74) is 1.33. The number of aromatic amines is 1. The first kappa shape index (κ1) is 20.8. The zero-order chi connectivity index (χ0) is 19.9. The molecule has 6 nitrogen and oxygen atoms in total. The number of para-hydroxylation sites is 1. The van der Waals surface area contributed by atoms with Crippen molar-refractivity contribution in [2.24, 2.45) is 0 Å². The van der Waals surface area contributed by atoms with Gasteiger partial charge in [0.25, 0.3) is 0 Å². The molecule has 2 rings (SSSR count). The molecule has 0 spiro atoms. The van der Waals surface area contributed by atoms with Crippen molar-refractivity contribution in [3.8, 4) is 0 Å². The Balaban J connectivity index is 1.72. The standard InChI is InChI=1S/C21H30N2O4/c1-21(2,3)27-20(26)22-13-9-5-4-6-11-16(19(24)25)17-14-23-18-12-8-7-10-15(17)18/h7-8,10,12,14,16,23H,4-6,9,11,13H2,1-3H3,(H,22,26)(H,24,25)/t16-/m0/s1. The molecule has 0 aliphatic heterocycles. The summed E-state index contributed by atoms with van der Waals surface area (Å²) in [5, 5.41) is 13.3. The van der Waals surface area contributed by atoms with Crippen LogP contribution < -0.4 is 5.32 Å². The number of unbranched alkanes of at least 4 members (excludes halogenated alkanes) is 3. The number of benzene rings is 1. The highest BCUT2D eigenvalue weighted by Gasteiger charge is 2.22. The lowest BCUT2D eigenvalue weighted by Crippen LogP contribution is -2.32. The van der Waals surface area contributed by atoms with Crippen LogP contribution in [-0.2, 0) is 9.53 Å². The monoisotopic (exact) mass is 374 g/mol. The van der Waals surface area contributed by atoms with Gasteiger partial charge in [0.05, 0.1) is 5.92 Å². The van der Waals surface area contributed by atoms with Gasteiger partial charge in [-0.25, -0.2) is 4.79 Å². The smallest absolute Gasteiger partial charge is 0.407 e. The second kappa shape index (κ2) is 9.44. The number of aromatic nitrogens is 1. The number of ether oxygens (including phenoxy) is 1. The normalized spacial score (nSPS) is 12.7. The molecule has 3 N–H and O–H groups in total. The first-order valence-electron chi connectivity index (χ1n) is 9.53. The second-order valence-corrected chi connectivity index (χ2v) is 7.81. The van der Waals surface area contributed by atoms with E-state index in [0.717, 1.165) is 42.1 Å². The summed E-state index contributed by atoms with van der Waals surface area (Å²) >= 11 is 0. The number of hydrogen-bond donors (Lipinski definition) is 3. The van der Waals surface area contributed by atoms with Gasteiger partial charge in [0, 0.05) is 23.6 Å². The molecule has 1 aromatic carbocycles. The van der Waals surface area contributed by atoms with Gasteiger partial charge in [-0.2, -0.15) is 0 Å². The first-order valence-corrected chi connectivity index (χ1v) is 9.53. The van der Waals surface area contributed by atoms with Gasteiger partial charge in [0.2, 0.25) is 0 Å². The highest BCUT2D eigenvalue weighted by Crippen LogP contribution is 2.29. The molecular weight excluding hydrogens is 344 g/mol. The topological polar surface area (TPSA) is 91.4 Å². The van der Waals surface area contributed by atoms with Crippen molar-refractivity contribution >= 4 is 23.0 Å². The lowest BCUT2D eigenvalue weighted by molar-refractivity contribution is -0.139. The van der Waals surface area contributed by atoms with Gasteiger partial charge in [-0.3, -0.25) is 4.79 Å². The lowest BCUT2D eigenvalue weighted by atomic mass is 9.93. The molecule has 1 heterocycles. The molecule has 0 unspecified atom stereocenters. The Morgan fingerprint density at radius 3 is 2.56 bits per heavy atom. The molecule has 0 aliphatic rings. The fraction of sp³-hybridized carbons (Fsp3) is 0.524. The molecular formula is C21H30N2O4. The minimum absolute atomic E-state index is 0.396. The minimum atomic E-state index is -0.786. The number of rotatable bonds is 9. The van der Waals surface area contributed by atoms with Crippen LogP contribution in [0.4, 0.5) is 4.79 Å². The lowest BCUT2D eigenvalue weighted by Gasteiger charge is -2.19. The Morgan fingerprint density at radius 2 is 1.85 bits per heavy atom. The van der Waals surface area contributed by atoms with Crippen LogP contribution in [0.2, 0.25) is 0 Å². The number of carbonyl (C=O) groups excluding carboxylic acids is 1. The van der Waals surface area contributed by atoms with Gasteiger partial charge in [-0.1, -0.05) is 37.5 Å². The number of nitrogens with one attached hydrogen (secondary N) is 2. The van der Waals surface area contributed by atoms with Crippen LogP contribution in [0.3, 0.4) is 0 Å². The summed E-state index contributed by atoms with van der Waals surface area (Å²) in [6.45, 7) is 6.07. The maximum Gasteiger partial charge on any atom is 0.407 e. The van der Waals surface area contributed by atoms with Crippen molar-refractivity contribution in [2.75, 3.05) is 6.54 Å². The van der Waals surface area contributed by atoms with Crippen molar-refractivity contribution in [3.63, 3.8) is 0 Å². The highest BCUT2D eigenvalue weighted by atomic mass is 16.6. The van der Waals surface area contributed by atoms with E-state index < -0.39 is 23.6 Å². The van der Waals surface area contributed by atoms with Crippen molar-refractivity contribution < 1.29 is 19.4 Å². The highest BCUT2D eigenvalue weighted by molar-refractivity contribution is 5.89. The summed E-state index contributed by atoms with van der Waals surface area (Å²) in [4.78, 5) is 26.4. The van der Waals surface area contributed by atoms with E-state index in [-0.39, 0.29) is 0 Å². The van der Waals surface area contributed by atoms with E-state index in [1.807, 2.05) is 51.2 Å². The average Bonchev–Trinajstić information content (AvgIpc) is 2.99. The van der Waals surface area contributed by atoms with Crippen LogP contribution >= 0.6 is 0 Å². The number of carboxylic acid groups (broad SMARTS) is 1. The van der Waals surface area contributed by atoms with E-state index in [9.17, 15) is 14.7 Å². The fourth-order valence-corrected chi connectivity index (χ4v) is 3.13. The van der Waals surface area contributed by atoms with Crippen molar-refractivity contribution in [1.82, 2.24) is 10.3 Å².